The molecule has 0 saturated heterocycles. The fraction of sp³-hybridized carbons (Fsp3) is 0.917. The third-order valence-corrected chi connectivity index (χ3v) is 8.05. The molecule has 0 saturated carbocycles. The van der Waals surface area contributed by atoms with Crippen LogP contribution in [0, 0.1) is 5.92 Å². The van der Waals surface area contributed by atoms with Gasteiger partial charge in [0.1, 0.15) is 0 Å². The highest BCUT2D eigenvalue weighted by Gasteiger charge is 2.09. The lowest BCUT2D eigenvalue weighted by atomic mass is 9.94. The van der Waals surface area contributed by atoms with Crippen LogP contribution in [-0.2, 0) is 14.3 Å². The number of ether oxygens (including phenoxy) is 2. The molecular formula is C36H70O3. The van der Waals surface area contributed by atoms with Gasteiger partial charge in [-0.2, -0.15) is 0 Å². The van der Waals surface area contributed by atoms with Crippen LogP contribution in [0.4, 0.5) is 0 Å². The van der Waals surface area contributed by atoms with Crippen LogP contribution in [0.15, 0.2) is 12.2 Å². The van der Waals surface area contributed by atoms with E-state index in [0.29, 0.717) is 18.1 Å². The van der Waals surface area contributed by atoms with E-state index in [1.807, 2.05) is 0 Å². The minimum Gasteiger partial charge on any atom is -0.462 e. The second-order valence-electron chi connectivity index (χ2n) is 12.2. The Kier molecular flexibility index (Phi) is 31.0. The summed E-state index contributed by atoms with van der Waals surface area (Å²) in [6, 6.07) is 0. The van der Waals surface area contributed by atoms with Crippen molar-refractivity contribution in [2.45, 2.75) is 188 Å². The van der Waals surface area contributed by atoms with Crippen LogP contribution in [0.2, 0.25) is 0 Å². The van der Waals surface area contributed by atoms with Gasteiger partial charge in [0.05, 0.1) is 6.61 Å². The number of hydrogen-bond donors (Lipinski definition) is 0. The summed E-state index contributed by atoms with van der Waals surface area (Å²) in [7, 11) is 0. The maximum absolute atomic E-state index is 11.5. The zero-order valence-corrected chi connectivity index (χ0v) is 27.0. The first-order valence-electron chi connectivity index (χ1n) is 17.5. The summed E-state index contributed by atoms with van der Waals surface area (Å²) in [4.78, 5) is 11.5. The highest BCUT2D eigenvalue weighted by atomic mass is 16.5. The third-order valence-electron chi connectivity index (χ3n) is 8.05. The predicted octanol–water partition coefficient (Wildman–Crippen LogP) is 11.9. The molecule has 0 rings (SSSR count). The summed E-state index contributed by atoms with van der Waals surface area (Å²) in [6.07, 6.45) is 35.5. The van der Waals surface area contributed by atoms with Crippen LogP contribution in [0.25, 0.3) is 0 Å². The molecule has 0 aliphatic heterocycles. The average molecular weight is 551 g/mol. The van der Waals surface area contributed by atoms with Gasteiger partial charge in [0.25, 0.3) is 0 Å². The van der Waals surface area contributed by atoms with Crippen molar-refractivity contribution in [3.8, 4) is 0 Å². The second kappa shape index (κ2) is 31.7. The fourth-order valence-corrected chi connectivity index (χ4v) is 5.35. The van der Waals surface area contributed by atoms with Crippen molar-refractivity contribution in [1.82, 2.24) is 0 Å². The first kappa shape index (κ1) is 38.2. The molecule has 3 heteroatoms. The lowest BCUT2D eigenvalue weighted by molar-refractivity contribution is -0.139. The van der Waals surface area contributed by atoms with Gasteiger partial charge >= 0.3 is 5.97 Å². The fourth-order valence-electron chi connectivity index (χ4n) is 5.35. The van der Waals surface area contributed by atoms with Gasteiger partial charge < -0.3 is 9.47 Å². The molecule has 0 heterocycles. The van der Waals surface area contributed by atoms with Crippen molar-refractivity contribution in [3.63, 3.8) is 0 Å². The van der Waals surface area contributed by atoms with Crippen LogP contribution < -0.4 is 0 Å². The molecule has 1 atom stereocenters. The molecular weight excluding hydrogens is 480 g/mol. The Morgan fingerprint density at radius 3 is 1.28 bits per heavy atom. The quantitative estimate of drug-likeness (QED) is 0.0474. The molecule has 0 spiro atoms. The summed E-state index contributed by atoms with van der Waals surface area (Å²) in [6.45, 7) is 12.1. The molecule has 1 unspecified atom stereocenters. The first-order chi connectivity index (χ1) is 19.1. The molecule has 3 nitrogen and oxygen atoms in total. The van der Waals surface area contributed by atoms with E-state index in [0.717, 1.165) is 26.1 Å². The first-order valence-corrected chi connectivity index (χ1v) is 17.5. The summed E-state index contributed by atoms with van der Waals surface area (Å²) >= 11 is 0. The van der Waals surface area contributed by atoms with Crippen molar-refractivity contribution >= 4 is 5.97 Å². The molecule has 0 amide bonds. The number of rotatable bonds is 32. The minimum absolute atomic E-state index is 0.283. The van der Waals surface area contributed by atoms with E-state index < -0.39 is 0 Å². The Hall–Kier alpha value is -0.830. The van der Waals surface area contributed by atoms with E-state index in [2.05, 4.69) is 20.4 Å². The Morgan fingerprint density at radius 2 is 0.897 bits per heavy atom. The van der Waals surface area contributed by atoms with E-state index in [9.17, 15) is 4.79 Å². The summed E-state index contributed by atoms with van der Waals surface area (Å²) < 4.78 is 11.3. The predicted molar refractivity (Wildman–Crippen MR) is 171 cm³/mol. The lowest BCUT2D eigenvalue weighted by Crippen LogP contribution is -2.12. The van der Waals surface area contributed by atoms with Gasteiger partial charge in [-0.15, -0.1) is 0 Å². The molecule has 0 aliphatic carbocycles. The van der Waals surface area contributed by atoms with Crippen molar-refractivity contribution in [3.05, 3.63) is 12.2 Å². The standard InChI is InChI=1S/C36H70O3/c1-5-7-9-11-13-15-17-18-20-22-24-26-30-35(29-25-23-21-19-16-14-12-10-8-6-2)33-38-31-27-28-32-39-36(37)34(3)4/h35H,3,5-33H2,1-2,4H3. The molecule has 0 bridgehead atoms. The molecule has 0 radical (unpaired) electrons. The van der Waals surface area contributed by atoms with Crippen molar-refractivity contribution in [1.29, 1.82) is 0 Å². The summed E-state index contributed by atoms with van der Waals surface area (Å²) in [5.41, 5.74) is 0.471. The van der Waals surface area contributed by atoms with Gasteiger partial charge in [0.2, 0.25) is 0 Å². The maximum atomic E-state index is 11.5. The van der Waals surface area contributed by atoms with E-state index >= 15 is 0 Å². The molecule has 0 aromatic rings. The zero-order valence-electron chi connectivity index (χ0n) is 27.0. The van der Waals surface area contributed by atoms with Crippen LogP contribution >= 0.6 is 0 Å². The topological polar surface area (TPSA) is 35.5 Å². The van der Waals surface area contributed by atoms with Gasteiger partial charge in [-0.1, -0.05) is 162 Å². The Balaban J connectivity index is 3.95. The Bertz CT molecular complexity index is 515. The zero-order chi connectivity index (χ0) is 28.7. The molecule has 0 aliphatic rings. The smallest absolute Gasteiger partial charge is 0.333 e. The molecule has 39 heavy (non-hydrogen) atoms. The molecule has 0 aromatic heterocycles. The van der Waals surface area contributed by atoms with E-state index in [1.165, 1.54) is 154 Å². The van der Waals surface area contributed by atoms with E-state index in [1.54, 1.807) is 6.92 Å². The average Bonchev–Trinajstić information content (AvgIpc) is 2.93. The van der Waals surface area contributed by atoms with Crippen LogP contribution in [-0.4, -0.2) is 25.8 Å². The third kappa shape index (κ3) is 30.0. The van der Waals surface area contributed by atoms with Crippen LogP contribution in [0.3, 0.4) is 0 Å². The largest absolute Gasteiger partial charge is 0.462 e. The number of esters is 1. The highest BCUT2D eigenvalue weighted by molar-refractivity contribution is 5.86. The van der Waals surface area contributed by atoms with Gasteiger partial charge in [-0.3, -0.25) is 0 Å². The Morgan fingerprint density at radius 1 is 0.538 bits per heavy atom. The van der Waals surface area contributed by atoms with Crippen molar-refractivity contribution in [2.75, 3.05) is 19.8 Å². The molecule has 0 aromatic carbocycles. The van der Waals surface area contributed by atoms with E-state index in [4.69, 9.17) is 9.47 Å². The second-order valence-corrected chi connectivity index (χ2v) is 12.2. The maximum Gasteiger partial charge on any atom is 0.333 e. The lowest BCUT2D eigenvalue weighted by Gasteiger charge is -2.17. The summed E-state index contributed by atoms with van der Waals surface area (Å²) in [5.74, 6) is 0.429. The van der Waals surface area contributed by atoms with Crippen LogP contribution in [0.1, 0.15) is 188 Å². The highest BCUT2D eigenvalue weighted by Crippen LogP contribution is 2.21. The minimum atomic E-state index is -0.283. The van der Waals surface area contributed by atoms with E-state index in [-0.39, 0.29) is 5.97 Å². The SMILES string of the molecule is C=C(C)C(=O)OCCCCOCC(CCCCCCCCCCCC)CCCCCCCCCCCCCC. The van der Waals surface area contributed by atoms with Gasteiger partial charge in [-0.05, 0) is 38.5 Å². The number of unbranched alkanes of at least 4 members (excludes halogenated alkanes) is 21. The van der Waals surface area contributed by atoms with Crippen LogP contribution in [0.5, 0.6) is 0 Å². The molecule has 0 fully saturated rings. The van der Waals surface area contributed by atoms with Crippen molar-refractivity contribution < 1.29 is 14.3 Å². The van der Waals surface area contributed by atoms with Gasteiger partial charge in [0.15, 0.2) is 0 Å². The molecule has 232 valence electrons. The summed E-state index contributed by atoms with van der Waals surface area (Å²) in [5, 5.41) is 0. The Labute approximate surface area is 245 Å². The molecule has 0 N–H and O–H groups in total. The van der Waals surface area contributed by atoms with Crippen molar-refractivity contribution in [2.24, 2.45) is 5.92 Å². The number of carbonyl (C=O) groups excluding carboxylic acids is 1. The van der Waals surface area contributed by atoms with Gasteiger partial charge in [0, 0.05) is 18.8 Å². The number of hydrogen-bond acceptors (Lipinski definition) is 3. The van der Waals surface area contributed by atoms with Gasteiger partial charge in [-0.25, -0.2) is 4.79 Å². The normalized spacial score (nSPS) is 12.1. The number of carbonyl (C=O) groups is 1. The monoisotopic (exact) mass is 551 g/mol.